The number of aromatic nitrogens is 2. The maximum atomic E-state index is 11.5. The molecule has 1 aromatic rings. The van der Waals surface area contributed by atoms with E-state index in [0.29, 0.717) is 12.6 Å². The lowest BCUT2D eigenvalue weighted by atomic mass is 10.1. The first-order valence-corrected chi connectivity index (χ1v) is 6.60. The van der Waals surface area contributed by atoms with Gasteiger partial charge in [0.05, 0.1) is 6.33 Å². The van der Waals surface area contributed by atoms with E-state index in [2.05, 4.69) is 10.3 Å². The van der Waals surface area contributed by atoms with Gasteiger partial charge in [-0.3, -0.25) is 9.36 Å². The maximum Gasteiger partial charge on any atom is 0.253 e. The third-order valence-electron chi connectivity index (χ3n) is 3.43. The Labute approximate surface area is 102 Å². The van der Waals surface area contributed by atoms with Crippen molar-refractivity contribution in [2.75, 3.05) is 6.54 Å². The van der Waals surface area contributed by atoms with E-state index in [1.54, 1.807) is 10.9 Å². The lowest BCUT2D eigenvalue weighted by Gasteiger charge is -2.16. The van der Waals surface area contributed by atoms with Crippen molar-refractivity contribution in [2.45, 2.75) is 51.1 Å². The molecule has 1 N–H and O–H groups in total. The summed E-state index contributed by atoms with van der Waals surface area (Å²) in [6.07, 6.45) is 11.1. The van der Waals surface area contributed by atoms with Crippen LogP contribution in [0.5, 0.6) is 0 Å². The third-order valence-corrected chi connectivity index (χ3v) is 3.43. The first kappa shape index (κ1) is 12.3. The predicted molar refractivity (Wildman–Crippen MR) is 68.0 cm³/mol. The highest BCUT2D eigenvalue weighted by Crippen LogP contribution is 2.16. The van der Waals surface area contributed by atoms with Crippen LogP contribution in [-0.2, 0) is 6.54 Å². The molecule has 0 atom stereocenters. The fourth-order valence-corrected chi connectivity index (χ4v) is 2.42. The van der Waals surface area contributed by atoms with Gasteiger partial charge in [-0.05, 0) is 12.8 Å². The van der Waals surface area contributed by atoms with Gasteiger partial charge in [0.1, 0.15) is 0 Å². The van der Waals surface area contributed by atoms with Gasteiger partial charge in [0.15, 0.2) is 0 Å². The van der Waals surface area contributed by atoms with Crippen LogP contribution in [0, 0.1) is 0 Å². The highest BCUT2D eigenvalue weighted by molar-refractivity contribution is 4.82. The Morgan fingerprint density at radius 3 is 2.76 bits per heavy atom. The van der Waals surface area contributed by atoms with Gasteiger partial charge in [-0.2, -0.15) is 0 Å². The molecule has 2 rings (SSSR count). The second kappa shape index (κ2) is 6.55. The van der Waals surface area contributed by atoms with Crippen LogP contribution in [0.2, 0.25) is 0 Å². The van der Waals surface area contributed by atoms with Crippen molar-refractivity contribution in [3.63, 3.8) is 0 Å². The molecule has 0 unspecified atom stereocenters. The molecule has 17 heavy (non-hydrogen) atoms. The van der Waals surface area contributed by atoms with E-state index < -0.39 is 0 Å². The Hall–Kier alpha value is -1.16. The summed E-state index contributed by atoms with van der Waals surface area (Å²) in [7, 11) is 0. The number of nitrogens with zero attached hydrogens (tertiary/aromatic N) is 2. The Bertz CT molecular complexity index is 380. The fraction of sp³-hybridized carbons (Fsp3) is 0.692. The Morgan fingerprint density at radius 1 is 1.29 bits per heavy atom. The van der Waals surface area contributed by atoms with E-state index in [4.69, 9.17) is 0 Å². The monoisotopic (exact) mass is 235 g/mol. The minimum Gasteiger partial charge on any atom is -0.312 e. The van der Waals surface area contributed by atoms with Crippen LogP contribution < -0.4 is 10.9 Å². The molecule has 0 saturated heterocycles. The zero-order valence-electron chi connectivity index (χ0n) is 10.3. The summed E-state index contributed by atoms with van der Waals surface area (Å²) >= 11 is 0. The molecule has 1 aromatic heterocycles. The molecule has 1 aliphatic rings. The SMILES string of the molecule is O=c1ccncn1CCNC1CCCCCC1. The molecule has 1 fully saturated rings. The predicted octanol–water partition coefficient (Wildman–Crippen LogP) is 1.56. The van der Waals surface area contributed by atoms with E-state index >= 15 is 0 Å². The van der Waals surface area contributed by atoms with Gasteiger partial charge in [0, 0.05) is 31.4 Å². The van der Waals surface area contributed by atoms with Gasteiger partial charge in [0.2, 0.25) is 0 Å². The first-order chi connectivity index (χ1) is 8.36. The molecule has 0 radical (unpaired) electrons. The standard InChI is InChI=1S/C13H21N3O/c17-13-7-8-14-11-16(13)10-9-15-12-5-3-1-2-4-6-12/h7-8,11-12,15H,1-6,9-10H2. The summed E-state index contributed by atoms with van der Waals surface area (Å²) in [5.74, 6) is 0. The molecular formula is C13H21N3O. The molecule has 1 heterocycles. The van der Waals surface area contributed by atoms with Crippen molar-refractivity contribution < 1.29 is 0 Å². The smallest absolute Gasteiger partial charge is 0.253 e. The van der Waals surface area contributed by atoms with Crippen LogP contribution >= 0.6 is 0 Å². The number of hydrogen-bond donors (Lipinski definition) is 1. The highest BCUT2D eigenvalue weighted by Gasteiger charge is 2.10. The maximum absolute atomic E-state index is 11.5. The van der Waals surface area contributed by atoms with Gasteiger partial charge >= 0.3 is 0 Å². The van der Waals surface area contributed by atoms with Crippen molar-refractivity contribution in [3.8, 4) is 0 Å². The lowest BCUT2D eigenvalue weighted by Crippen LogP contribution is -2.33. The largest absolute Gasteiger partial charge is 0.312 e. The third kappa shape index (κ3) is 3.97. The summed E-state index contributed by atoms with van der Waals surface area (Å²) in [4.78, 5) is 15.4. The molecule has 4 nitrogen and oxygen atoms in total. The Kier molecular flexibility index (Phi) is 4.74. The molecule has 1 aliphatic carbocycles. The van der Waals surface area contributed by atoms with Crippen molar-refractivity contribution in [3.05, 3.63) is 28.9 Å². The van der Waals surface area contributed by atoms with Gasteiger partial charge in [-0.1, -0.05) is 25.7 Å². The molecule has 4 heteroatoms. The van der Waals surface area contributed by atoms with Crippen LogP contribution in [0.25, 0.3) is 0 Å². The van der Waals surface area contributed by atoms with E-state index in [9.17, 15) is 4.79 Å². The van der Waals surface area contributed by atoms with E-state index in [0.717, 1.165) is 6.54 Å². The summed E-state index contributed by atoms with van der Waals surface area (Å²) in [6.45, 7) is 1.57. The summed E-state index contributed by atoms with van der Waals surface area (Å²) < 4.78 is 1.66. The number of hydrogen-bond acceptors (Lipinski definition) is 3. The van der Waals surface area contributed by atoms with E-state index in [1.165, 1.54) is 50.8 Å². The molecule has 94 valence electrons. The Balaban J connectivity index is 1.75. The minimum atomic E-state index is 0.0302. The zero-order valence-corrected chi connectivity index (χ0v) is 10.3. The fourth-order valence-electron chi connectivity index (χ4n) is 2.42. The number of nitrogens with one attached hydrogen (secondary N) is 1. The van der Waals surface area contributed by atoms with Crippen molar-refractivity contribution in [1.82, 2.24) is 14.9 Å². The highest BCUT2D eigenvalue weighted by atomic mass is 16.1. The average molecular weight is 235 g/mol. The topological polar surface area (TPSA) is 46.9 Å². The van der Waals surface area contributed by atoms with Gasteiger partial charge in [-0.15, -0.1) is 0 Å². The van der Waals surface area contributed by atoms with Gasteiger partial charge in [0.25, 0.3) is 5.56 Å². The van der Waals surface area contributed by atoms with Crippen LogP contribution in [0.4, 0.5) is 0 Å². The quantitative estimate of drug-likeness (QED) is 0.806. The molecular weight excluding hydrogens is 214 g/mol. The molecule has 1 saturated carbocycles. The molecule has 0 aromatic carbocycles. The average Bonchev–Trinajstić information content (AvgIpc) is 2.60. The second-order valence-corrected chi connectivity index (χ2v) is 4.75. The normalized spacial score (nSPS) is 17.9. The van der Waals surface area contributed by atoms with Crippen LogP contribution in [-0.4, -0.2) is 22.1 Å². The molecule has 0 amide bonds. The van der Waals surface area contributed by atoms with Crippen LogP contribution in [0.3, 0.4) is 0 Å². The van der Waals surface area contributed by atoms with Crippen LogP contribution in [0.1, 0.15) is 38.5 Å². The van der Waals surface area contributed by atoms with E-state index in [1.807, 2.05) is 0 Å². The van der Waals surface area contributed by atoms with Crippen molar-refractivity contribution in [2.24, 2.45) is 0 Å². The van der Waals surface area contributed by atoms with Gasteiger partial charge < -0.3 is 5.32 Å². The Morgan fingerprint density at radius 2 is 2.06 bits per heavy atom. The van der Waals surface area contributed by atoms with E-state index in [-0.39, 0.29) is 5.56 Å². The summed E-state index contributed by atoms with van der Waals surface area (Å²) in [6, 6.07) is 2.15. The number of rotatable bonds is 4. The lowest BCUT2D eigenvalue weighted by molar-refractivity contribution is 0.442. The zero-order chi connectivity index (χ0) is 11.9. The summed E-state index contributed by atoms with van der Waals surface area (Å²) in [5, 5.41) is 3.55. The van der Waals surface area contributed by atoms with Crippen molar-refractivity contribution >= 4 is 0 Å². The molecule has 0 spiro atoms. The van der Waals surface area contributed by atoms with Gasteiger partial charge in [-0.25, -0.2) is 4.98 Å². The summed E-state index contributed by atoms with van der Waals surface area (Å²) in [5.41, 5.74) is 0.0302. The van der Waals surface area contributed by atoms with Crippen molar-refractivity contribution in [1.29, 1.82) is 0 Å². The minimum absolute atomic E-state index is 0.0302. The second-order valence-electron chi connectivity index (χ2n) is 4.75. The molecule has 0 bridgehead atoms. The first-order valence-electron chi connectivity index (χ1n) is 6.60. The molecule has 0 aliphatic heterocycles. The van der Waals surface area contributed by atoms with Crippen LogP contribution in [0.15, 0.2) is 23.4 Å².